The molecule has 1 saturated heterocycles. The lowest BCUT2D eigenvalue weighted by Crippen LogP contribution is -2.32. The molecule has 3 rings (SSSR count). The summed E-state index contributed by atoms with van der Waals surface area (Å²) in [5.41, 5.74) is -0.177. The first-order valence-electron chi connectivity index (χ1n) is 8.56. The van der Waals surface area contributed by atoms with E-state index in [1.54, 1.807) is 4.90 Å². The first-order valence-corrected chi connectivity index (χ1v) is 8.56. The minimum absolute atomic E-state index is 0.0633. The van der Waals surface area contributed by atoms with Crippen molar-refractivity contribution in [3.8, 4) is 0 Å². The van der Waals surface area contributed by atoms with E-state index < -0.39 is 23.2 Å². The average molecular weight is 359 g/mol. The Morgan fingerprint density at radius 2 is 1.58 bits per heavy atom. The molecule has 1 aliphatic heterocycles. The zero-order valence-electron chi connectivity index (χ0n) is 14.2. The van der Waals surface area contributed by atoms with Gasteiger partial charge in [-0.15, -0.1) is 0 Å². The third-order valence-electron chi connectivity index (χ3n) is 4.34. The van der Waals surface area contributed by atoms with Crippen molar-refractivity contribution >= 4 is 17.5 Å². The third-order valence-corrected chi connectivity index (χ3v) is 4.34. The van der Waals surface area contributed by atoms with E-state index in [-0.39, 0.29) is 17.0 Å². The van der Waals surface area contributed by atoms with Crippen LogP contribution in [-0.4, -0.2) is 34.8 Å². The van der Waals surface area contributed by atoms with Gasteiger partial charge in [-0.2, -0.15) is 0 Å². The average Bonchev–Trinajstić information content (AvgIpc) is 2.93. The Bertz CT molecular complexity index is 798. The number of pyridine rings is 1. The summed E-state index contributed by atoms with van der Waals surface area (Å²) in [7, 11) is 0. The maximum Gasteiger partial charge on any atom is 0.257 e. The van der Waals surface area contributed by atoms with Crippen LogP contribution in [0.2, 0.25) is 0 Å². The lowest BCUT2D eigenvalue weighted by molar-refractivity contribution is 0.0761. The van der Waals surface area contributed by atoms with Crippen LogP contribution in [0.3, 0.4) is 0 Å². The Kier molecular flexibility index (Phi) is 5.55. The molecule has 0 unspecified atom stereocenters. The molecule has 1 N–H and O–H groups in total. The number of hydrogen-bond acceptors (Lipinski definition) is 3. The van der Waals surface area contributed by atoms with Crippen LogP contribution in [0, 0.1) is 11.6 Å². The summed E-state index contributed by atoms with van der Waals surface area (Å²) < 4.78 is 27.4. The van der Waals surface area contributed by atoms with Crippen LogP contribution in [0.5, 0.6) is 0 Å². The number of benzene rings is 1. The van der Waals surface area contributed by atoms with Gasteiger partial charge >= 0.3 is 0 Å². The molecular formula is C19H19F2N3O2. The molecule has 5 nitrogen and oxygen atoms in total. The van der Waals surface area contributed by atoms with E-state index in [2.05, 4.69) is 10.3 Å². The molecule has 2 heterocycles. The van der Waals surface area contributed by atoms with Gasteiger partial charge in [0.15, 0.2) is 0 Å². The molecule has 1 fully saturated rings. The lowest BCUT2D eigenvalue weighted by atomic mass is 10.1. The highest BCUT2D eigenvalue weighted by atomic mass is 19.1. The fourth-order valence-electron chi connectivity index (χ4n) is 2.94. The number of nitrogens with one attached hydrogen (secondary N) is 1. The quantitative estimate of drug-likeness (QED) is 0.910. The number of para-hydroxylation sites is 1. The van der Waals surface area contributed by atoms with Crippen molar-refractivity contribution in [3.05, 3.63) is 59.4 Å². The van der Waals surface area contributed by atoms with E-state index in [4.69, 9.17) is 0 Å². The molecule has 0 spiro atoms. The van der Waals surface area contributed by atoms with Gasteiger partial charge in [0, 0.05) is 25.5 Å². The summed E-state index contributed by atoms with van der Waals surface area (Å²) in [5, 5.41) is 2.20. The van der Waals surface area contributed by atoms with Gasteiger partial charge in [0.1, 0.15) is 17.3 Å². The van der Waals surface area contributed by atoms with E-state index in [0.717, 1.165) is 37.8 Å². The number of hydrogen-bond donors (Lipinski definition) is 1. The second-order valence-corrected chi connectivity index (χ2v) is 6.22. The number of nitrogens with zero attached hydrogens (tertiary/aromatic N) is 2. The van der Waals surface area contributed by atoms with Crippen molar-refractivity contribution in [2.45, 2.75) is 25.7 Å². The first kappa shape index (κ1) is 18.0. The highest BCUT2D eigenvalue weighted by Gasteiger charge is 2.20. The SMILES string of the molecule is O=C(Nc1c(F)cccc1F)c1cncc(C(=O)N2CCCCCC2)c1. The Balaban J connectivity index is 1.78. The van der Waals surface area contributed by atoms with Gasteiger partial charge in [-0.1, -0.05) is 18.9 Å². The normalized spacial score (nSPS) is 14.6. The summed E-state index contributed by atoms with van der Waals surface area (Å²) >= 11 is 0. The summed E-state index contributed by atoms with van der Waals surface area (Å²) in [6.07, 6.45) is 6.75. The van der Waals surface area contributed by atoms with Crippen molar-refractivity contribution in [3.63, 3.8) is 0 Å². The zero-order valence-corrected chi connectivity index (χ0v) is 14.2. The number of aromatic nitrogens is 1. The zero-order chi connectivity index (χ0) is 18.5. The second kappa shape index (κ2) is 8.03. The van der Waals surface area contributed by atoms with E-state index in [1.165, 1.54) is 24.5 Å². The molecule has 1 aromatic heterocycles. The molecule has 0 saturated carbocycles. The number of halogens is 2. The number of carbonyl (C=O) groups excluding carboxylic acids is 2. The minimum Gasteiger partial charge on any atom is -0.339 e. The Morgan fingerprint density at radius 3 is 2.23 bits per heavy atom. The maximum atomic E-state index is 13.7. The molecule has 7 heteroatoms. The molecule has 2 amide bonds. The number of likely N-dealkylation sites (tertiary alicyclic amines) is 1. The number of carbonyl (C=O) groups is 2. The first-order chi connectivity index (χ1) is 12.6. The molecule has 1 aromatic carbocycles. The van der Waals surface area contributed by atoms with Crippen molar-refractivity contribution < 1.29 is 18.4 Å². The standard InChI is InChI=1S/C19H19F2N3O2/c20-15-6-5-7-16(21)17(15)23-18(25)13-10-14(12-22-11-13)19(26)24-8-3-1-2-4-9-24/h5-7,10-12H,1-4,8-9H2,(H,23,25). The lowest BCUT2D eigenvalue weighted by Gasteiger charge is -2.20. The fourth-order valence-corrected chi connectivity index (χ4v) is 2.94. The van der Waals surface area contributed by atoms with Gasteiger partial charge in [-0.05, 0) is 31.0 Å². The molecule has 1 aliphatic rings. The van der Waals surface area contributed by atoms with Crippen LogP contribution in [0.4, 0.5) is 14.5 Å². The van der Waals surface area contributed by atoms with Gasteiger partial charge in [0.05, 0.1) is 11.1 Å². The predicted molar refractivity (Wildman–Crippen MR) is 92.9 cm³/mol. The number of rotatable bonds is 3. The maximum absolute atomic E-state index is 13.7. The molecule has 2 aromatic rings. The van der Waals surface area contributed by atoms with E-state index in [1.807, 2.05) is 0 Å². The number of anilines is 1. The summed E-state index contributed by atoms with van der Waals surface area (Å²) in [6, 6.07) is 4.71. The van der Waals surface area contributed by atoms with E-state index >= 15 is 0 Å². The minimum atomic E-state index is -0.872. The predicted octanol–water partition coefficient (Wildman–Crippen LogP) is 3.63. The molecular weight excluding hydrogens is 340 g/mol. The van der Waals surface area contributed by atoms with Crippen LogP contribution in [-0.2, 0) is 0 Å². The monoisotopic (exact) mass is 359 g/mol. The van der Waals surface area contributed by atoms with Gasteiger partial charge in [-0.3, -0.25) is 14.6 Å². The topological polar surface area (TPSA) is 62.3 Å². The smallest absolute Gasteiger partial charge is 0.257 e. The summed E-state index contributed by atoms with van der Waals surface area (Å²) in [4.78, 5) is 30.6. The third kappa shape index (κ3) is 4.04. The van der Waals surface area contributed by atoms with Gasteiger partial charge in [0.25, 0.3) is 11.8 Å². The van der Waals surface area contributed by atoms with Gasteiger partial charge in [0.2, 0.25) is 0 Å². The van der Waals surface area contributed by atoms with Crippen molar-refractivity contribution in [2.24, 2.45) is 0 Å². The Hall–Kier alpha value is -2.83. The molecule has 0 bridgehead atoms. The Labute approximate surface area is 150 Å². The van der Waals surface area contributed by atoms with Gasteiger partial charge in [-0.25, -0.2) is 8.78 Å². The van der Waals surface area contributed by atoms with Crippen LogP contribution < -0.4 is 5.32 Å². The summed E-state index contributed by atoms with van der Waals surface area (Å²) in [6.45, 7) is 1.35. The highest BCUT2D eigenvalue weighted by Crippen LogP contribution is 2.19. The van der Waals surface area contributed by atoms with Crippen molar-refractivity contribution in [1.82, 2.24) is 9.88 Å². The van der Waals surface area contributed by atoms with Crippen LogP contribution in [0.1, 0.15) is 46.4 Å². The molecule has 26 heavy (non-hydrogen) atoms. The molecule has 136 valence electrons. The fraction of sp³-hybridized carbons (Fsp3) is 0.316. The Morgan fingerprint density at radius 1 is 0.962 bits per heavy atom. The molecule has 0 aliphatic carbocycles. The highest BCUT2D eigenvalue weighted by molar-refractivity contribution is 6.06. The van der Waals surface area contributed by atoms with Crippen molar-refractivity contribution in [2.75, 3.05) is 18.4 Å². The van der Waals surface area contributed by atoms with E-state index in [9.17, 15) is 18.4 Å². The molecule has 0 atom stereocenters. The van der Waals surface area contributed by atoms with Crippen molar-refractivity contribution in [1.29, 1.82) is 0 Å². The number of amides is 2. The van der Waals surface area contributed by atoms with E-state index in [0.29, 0.717) is 13.1 Å². The molecule has 0 radical (unpaired) electrons. The van der Waals surface area contributed by atoms with Crippen LogP contribution in [0.25, 0.3) is 0 Å². The second-order valence-electron chi connectivity index (χ2n) is 6.22. The van der Waals surface area contributed by atoms with Gasteiger partial charge < -0.3 is 10.2 Å². The summed E-state index contributed by atoms with van der Waals surface area (Å²) in [5.74, 6) is -2.66. The van der Waals surface area contributed by atoms with Crippen LogP contribution in [0.15, 0.2) is 36.7 Å². The largest absolute Gasteiger partial charge is 0.339 e. The van der Waals surface area contributed by atoms with Crippen LogP contribution >= 0.6 is 0 Å².